The van der Waals surface area contributed by atoms with Crippen LogP contribution >= 0.6 is 0 Å². The first kappa shape index (κ1) is 14.2. The molecule has 1 spiro atoms. The highest BCUT2D eigenvalue weighted by Crippen LogP contribution is 2.79. The first-order valence-corrected chi connectivity index (χ1v) is 8.61. The number of rotatable bonds is 0. The van der Waals surface area contributed by atoms with Crippen molar-refractivity contribution in [2.75, 3.05) is 0 Å². The number of ketones is 1. The topological polar surface area (TPSA) is 61.1 Å². The number of phenols is 1. The van der Waals surface area contributed by atoms with Crippen molar-refractivity contribution in [2.45, 2.75) is 45.2 Å². The van der Waals surface area contributed by atoms with Gasteiger partial charge in [-0.2, -0.15) is 5.26 Å². The minimum atomic E-state index is -1.31. The molecule has 3 nitrogen and oxygen atoms in total. The molecule has 4 atom stereocenters. The number of carbonyl (C=O) groups excluding carboxylic acids is 1. The van der Waals surface area contributed by atoms with E-state index in [4.69, 9.17) is 0 Å². The first-order valence-electron chi connectivity index (χ1n) is 8.61. The van der Waals surface area contributed by atoms with Gasteiger partial charge in [0.2, 0.25) is 0 Å². The Hall–Kier alpha value is -2.15. The van der Waals surface area contributed by atoms with E-state index < -0.39 is 11.6 Å². The van der Waals surface area contributed by atoms with E-state index in [9.17, 15) is 19.6 Å². The Bertz CT molecular complexity index is 896. The van der Waals surface area contributed by atoms with Crippen LogP contribution in [-0.4, -0.2) is 17.1 Å². The summed E-state index contributed by atoms with van der Waals surface area (Å²) in [6.45, 7) is 1.96. The van der Waals surface area contributed by atoms with Gasteiger partial charge in [0, 0.05) is 16.7 Å². The maximum atomic E-state index is 14.5. The number of phenolic OH excluding ortho intramolecular Hbond substituents is 1. The predicted molar refractivity (Wildman–Crippen MR) is 85.8 cm³/mol. The van der Waals surface area contributed by atoms with Crippen LogP contribution in [0.15, 0.2) is 17.7 Å². The number of hydrogen-bond donors (Lipinski definition) is 1. The third-order valence-corrected chi connectivity index (χ3v) is 7.24. The summed E-state index contributed by atoms with van der Waals surface area (Å²) < 4.78 is 14.5. The van der Waals surface area contributed by atoms with Gasteiger partial charge in [0.25, 0.3) is 0 Å². The molecule has 0 radical (unpaired) electrons. The Labute approximate surface area is 139 Å². The van der Waals surface area contributed by atoms with Crippen LogP contribution in [0.2, 0.25) is 0 Å². The van der Waals surface area contributed by atoms with Crippen molar-refractivity contribution in [1.29, 1.82) is 5.26 Å². The van der Waals surface area contributed by atoms with Gasteiger partial charge in [0.1, 0.15) is 11.8 Å². The van der Waals surface area contributed by atoms with Crippen LogP contribution in [0.3, 0.4) is 0 Å². The standard InChI is InChI=1S/C20H18FNO2/c1-19-5-4-12-13-6-11(9-22)16(23)7-10(13)2-3-14(12)20(19)8-15(20)17(21)18(19)24/h6-7,15,17,23H,2-5,8H2,1H3/t15-,17-,19+,20+/m0/s1. The molecule has 0 bridgehead atoms. The molecular formula is C20H18FNO2. The molecule has 0 unspecified atom stereocenters. The van der Waals surface area contributed by atoms with E-state index in [1.807, 2.05) is 13.0 Å². The van der Waals surface area contributed by atoms with Crippen LogP contribution in [0.1, 0.15) is 49.3 Å². The molecule has 122 valence electrons. The fourth-order valence-electron chi connectivity index (χ4n) is 5.94. The molecule has 2 saturated carbocycles. The van der Waals surface area contributed by atoms with Gasteiger partial charge in [0.15, 0.2) is 12.0 Å². The van der Waals surface area contributed by atoms with Crippen LogP contribution in [0.4, 0.5) is 4.39 Å². The summed E-state index contributed by atoms with van der Waals surface area (Å²) in [5.74, 6) is -0.308. The molecule has 0 heterocycles. The molecule has 0 aromatic heterocycles. The normalized spacial score (nSPS) is 38.8. The van der Waals surface area contributed by atoms with Crippen molar-refractivity contribution >= 4 is 11.4 Å². The highest BCUT2D eigenvalue weighted by atomic mass is 19.1. The molecule has 5 rings (SSSR count). The molecule has 0 saturated heterocycles. The number of nitrogens with zero attached hydrogens (tertiary/aromatic N) is 1. The van der Waals surface area contributed by atoms with Crippen molar-refractivity contribution < 1.29 is 14.3 Å². The SMILES string of the molecule is C[C@]12CCC3=C(CCc4cc(O)c(C#N)cc43)[C@@]13C[C@H]3[C@H](F)C2=O. The number of aromatic hydroxyl groups is 1. The van der Waals surface area contributed by atoms with Gasteiger partial charge < -0.3 is 5.11 Å². The summed E-state index contributed by atoms with van der Waals surface area (Å²) in [5, 5.41) is 19.2. The highest BCUT2D eigenvalue weighted by molar-refractivity contribution is 5.97. The van der Waals surface area contributed by atoms with Crippen LogP contribution in [0.25, 0.3) is 5.57 Å². The second kappa shape index (κ2) is 4.08. The number of nitriles is 1. The minimum Gasteiger partial charge on any atom is -0.507 e. The van der Waals surface area contributed by atoms with E-state index in [-0.39, 0.29) is 28.4 Å². The second-order valence-corrected chi connectivity index (χ2v) is 7.98. The molecular weight excluding hydrogens is 305 g/mol. The van der Waals surface area contributed by atoms with Crippen molar-refractivity contribution in [1.82, 2.24) is 0 Å². The monoisotopic (exact) mass is 323 g/mol. The zero-order valence-electron chi connectivity index (χ0n) is 13.5. The number of Topliss-reactive ketones (excluding diaryl/α,β-unsaturated/α-hetero) is 1. The molecule has 1 aromatic carbocycles. The van der Waals surface area contributed by atoms with Crippen LogP contribution in [0.5, 0.6) is 5.75 Å². The van der Waals surface area contributed by atoms with Gasteiger partial charge in [-0.3, -0.25) is 4.79 Å². The average Bonchev–Trinajstić information content (AvgIpc) is 3.29. The Kier molecular flexibility index (Phi) is 2.42. The number of hydrogen-bond acceptors (Lipinski definition) is 3. The molecule has 4 aliphatic carbocycles. The molecule has 0 amide bonds. The van der Waals surface area contributed by atoms with Crippen molar-refractivity contribution in [3.8, 4) is 11.8 Å². The van der Waals surface area contributed by atoms with E-state index in [0.717, 1.165) is 36.8 Å². The second-order valence-electron chi connectivity index (χ2n) is 7.98. The van der Waals surface area contributed by atoms with Crippen molar-refractivity contribution in [3.05, 3.63) is 34.4 Å². The van der Waals surface area contributed by atoms with Gasteiger partial charge in [-0.05, 0) is 60.9 Å². The minimum absolute atomic E-state index is 0.0308. The number of benzene rings is 1. The summed E-state index contributed by atoms with van der Waals surface area (Å²) in [6, 6.07) is 5.52. The number of fused-ring (bicyclic) bond motifs is 2. The zero-order chi connectivity index (χ0) is 16.9. The smallest absolute Gasteiger partial charge is 0.173 e. The number of alkyl halides is 1. The summed E-state index contributed by atoms with van der Waals surface area (Å²) in [7, 11) is 0. The largest absolute Gasteiger partial charge is 0.507 e. The molecule has 1 N–H and O–H groups in total. The van der Waals surface area contributed by atoms with E-state index in [2.05, 4.69) is 0 Å². The van der Waals surface area contributed by atoms with E-state index in [1.54, 1.807) is 12.1 Å². The highest BCUT2D eigenvalue weighted by Gasteiger charge is 2.79. The molecule has 4 aliphatic rings. The Morgan fingerprint density at radius 1 is 1.33 bits per heavy atom. The van der Waals surface area contributed by atoms with Gasteiger partial charge in [0.05, 0.1) is 5.56 Å². The number of aryl methyl sites for hydroxylation is 1. The molecule has 0 aliphatic heterocycles. The van der Waals surface area contributed by atoms with Crippen LogP contribution in [0, 0.1) is 28.1 Å². The lowest BCUT2D eigenvalue weighted by atomic mass is 9.59. The van der Waals surface area contributed by atoms with Gasteiger partial charge in [-0.1, -0.05) is 12.5 Å². The maximum Gasteiger partial charge on any atom is 0.173 e. The van der Waals surface area contributed by atoms with E-state index in [0.29, 0.717) is 6.42 Å². The maximum absolute atomic E-state index is 14.5. The molecule has 24 heavy (non-hydrogen) atoms. The lowest BCUT2D eigenvalue weighted by Gasteiger charge is -2.43. The van der Waals surface area contributed by atoms with Gasteiger partial charge >= 0.3 is 0 Å². The third-order valence-electron chi connectivity index (χ3n) is 7.24. The Balaban J connectivity index is 1.73. The number of allylic oxidation sites excluding steroid dienone is 2. The zero-order valence-corrected chi connectivity index (χ0v) is 13.5. The number of halogens is 1. The molecule has 2 fully saturated rings. The fourth-order valence-corrected chi connectivity index (χ4v) is 5.94. The summed E-state index contributed by atoms with van der Waals surface area (Å²) in [6.07, 6.45) is 2.53. The van der Waals surface area contributed by atoms with E-state index >= 15 is 0 Å². The Morgan fingerprint density at radius 3 is 2.88 bits per heavy atom. The number of carbonyl (C=O) groups is 1. The molecule has 1 aromatic rings. The van der Waals surface area contributed by atoms with Crippen molar-refractivity contribution in [2.24, 2.45) is 16.7 Å². The first-order chi connectivity index (χ1) is 11.4. The lowest BCUT2D eigenvalue weighted by Crippen LogP contribution is -2.40. The van der Waals surface area contributed by atoms with Crippen LogP contribution in [-0.2, 0) is 11.2 Å². The fraction of sp³-hybridized carbons (Fsp3) is 0.500. The quantitative estimate of drug-likeness (QED) is 0.792. The van der Waals surface area contributed by atoms with E-state index in [1.165, 1.54) is 11.1 Å². The van der Waals surface area contributed by atoms with Crippen molar-refractivity contribution in [3.63, 3.8) is 0 Å². The lowest BCUT2D eigenvalue weighted by molar-refractivity contribution is -0.132. The average molecular weight is 323 g/mol. The summed E-state index contributed by atoms with van der Waals surface area (Å²) in [4.78, 5) is 12.5. The molecule has 4 heteroatoms. The van der Waals surface area contributed by atoms with Gasteiger partial charge in [-0.15, -0.1) is 0 Å². The summed E-state index contributed by atoms with van der Waals surface area (Å²) >= 11 is 0. The predicted octanol–water partition coefficient (Wildman–Crippen LogP) is 3.69. The Morgan fingerprint density at radius 2 is 2.12 bits per heavy atom. The van der Waals surface area contributed by atoms with Crippen LogP contribution < -0.4 is 0 Å². The third kappa shape index (κ3) is 1.33. The van der Waals surface area contributed by atoms with Gasteiger partial charge in [-0.25, -0.2) is 4.39 Å². The summed E-state index contributed by atoms with van der Waals surface area (Å²) in [5.41, 5.74) is 4.01.